The van der Waals surface area contributed by atoms with Crippen LogP contribution in [0.5, 0.6) is 0 Å². The molecule has 1 aromatic carbocycles. The lowest BCUT2D eigenvalue weighted by Gasteiger charge is -2.03. The van der Waals surface area contributed by atoms with Crippen LogP contribution in [0.3, 0.4) is 0 Å². The summed E-state index contributed by atoms with van der Waals surface area (Å²) < 4.78 is 0. The molecule has 0 saturated carbocycles. The smallest absolute Gasteiger partial charge is 0.0202 e. The molecule has 0 amide bonds. The third-order valence-corrected chi connectivity index (χ3v) is 3.42. The molecule has 0 saturated heterocycles. The van der Waals surface area contributed by atoms with E-state index in [9.17, 15) is 0 Å². The lowest BCUT2D eigenvalue weighted by Crippen LogP contribution is -2.04. The molecule has 84 valence electrons. The second kappa shape index (κ2) is 7.77. The van der Waals surface area contributed by atoms with Crippen molar-refractivity contribution in [1.29, 1.82) is 0 Å². The molecule has 0 fully saturated rings. The monoisotopic (exact) mass is 223 g/mol. The second-order valence-electron chi connectivity index (χ2n) is 3.73. The Bertz CT molecular complexity index is 256. The summed E-state index contributed by atoms with van der Waals surface area (Å²) in [7, 11) is 1.98. The number of hydrogen-bond acceptors (Lipinski definition) is 2. The van der Waals surface area contributed by atoms with Crippen LogP contribution in [0.1, 0.15) is 31.7 Å². The van der Waals surface area contributed by atoms with Gasteiger partial charge in [-0.15, -0.1) is 11.8 Å². The number of benzene rings is 1. The maximum atomic E-state index is 3.16. The van der Waals surface area contributed by atoms with Crippen LogP contribution in [0.4, 0.5) is 0 Å². The fourth-order valence-electron chi connectivity index (χ4n) is 1.45. The molecule has 0 bridgehead atoms. The topological polar surface area (TPSA) is 12.0 Å². The Morgan fingerprint density at radius 1 is 1.13 bits per heavy atom. The van der Waals surface area contributed by atoms with Crippen LogP contribution in [0, 0.1) is 0 Å². The van der Waals surface area contributed by atoms with Gasteiger partial charge in [0.1, 0.15) is 0 Å². The van der Waals surface area contributed by atoms with E-state index >= 15 is 0 Å². The average molecular weight is 223 g/mol. The Morgan fingerprint density at radius 2 is 1.87 bits per heavy atom. The first-order valence-corrected chi connectivity index (χ1v) is 6.71. The van der Waals surface area contributed by atoms with Crippen LogP contribution in [-0.2, 0) is 6.54 Å². The van der Waals surface area contributed by atoms with Crippen LogP contribution in [0.15, 0.2) is 29.2 Å². The van der Waals surface area contributed by atoms with Gasteiger partial charge >= 0.3 is 0 Å². The van der Waals surface area contributed by atoms with Crippen LogP contribution >= 0.6 is 11.8 Å². The molecule has 0 aliphatic rings. The van der Waals surface area contributed by atoms with E-state index < -0.39 is 0 Å². The summed E-state index contributed by atoms with van der Waals surface area (Å²) in [6.07, 6.45) is 3.99. The van der Waals surface area contributed by atoms with Crippen molar-refractivity contribution in [2.45, 2.75) is 37.6 Å². The maximum Gasteiger partial charge on any atom is 0.0202 e. The molecule has 0 aliphatic heterocycles. The summed E-state index contributed by atoms with van der Waals surface area (Å²) >= 11 is 1.97. The van der Waals surface area contributed by atoms with E-state index in [2.05, 4.69) is 36.5 Å². The van der Waals surface area contributed by atoms with Gasteiger partial charge in [-0.25, -0.2) is 0 Å². The van der Waals surface area contributed by atoms with Gasteiger partial charge in [0.15, 0.2) is 0 Å². The zero-order valence-corrected chi connectivity index (χ0v) is 10.6. The third-order valence-electron chi connectivity index (χ3n) is 2.32. The molecule has 1 N–H and O–H groups in total. The lowest BCUT2D eigenvalue weighted by atomic mass is 10.2. The van der Waals surface area contributed by atoms with E-state index in [1.807, 2.05) is 18.8 Å². The predicted octanol–water partition coefficient (Wildman–Crippen LogP) is 3.69. The molecule has 1 rings (SSSR count). The largest absolute Gasteiger partial charge is 0.316 e. The van der Waals surface area contributed by atoms with Crippen molar-refractivity contribution >= 4 is 11.8 Å². The second-order valence-corrected chi connectivity index (χ2v) is 4.90. The highest BCUT2D eigenvalue weighted by atomic mass is 32.2. The van der Waals surface area contributed by atoms with Gasteiger partial charge in [-0.05, 0) is 36.9 Å². The quantitative estimate of drug-likeness (QED) is 0.559. The number of hydrogen-bond donors (Lipinski definition) is 1. The highest BCUT2D eigenvalue weighted by Gasteiger charge is 1.95. The van der Waals surface area contributed by atoms with Crippen molar-refractivity contribution in [3.8, 4) is 0 Å². The van der Waals surface area contributed by atoms with Crippen molar-refractivity contribution in [2.24, 2.45) is 0 Å². The SMILES string of the molecule is CCCCCSc1ccc(CNC)cc1. The molecule has 0 spiro atoms. The summed E-state index contributed by atoms with van der Waals surface area (Å²) in [5.74, 6) is 1.25. The van der Waals surface area contributed by atoms with E-state index in [1.165, 1.54) is 35.5 Å². The van der Waals surface area contributed by atoms with Gasteiger partial charge in [-0.2, -0.15) is 0 Å². The van der Waals surface area contributed by atoms with E-state index in [0.717, 1.165) is 6.54 Å². The van der Waals surface area contributed by atoms with Gasteiger partial charge in [-0.1, -0.05) is 31.9 Å². The van der Waals surface area contributed by atoms with Gasteiger partial charge < -0.3 is 5.32 Å². The molecule has 0 radical (unpaired) electrons. The molecule has 15 heavy (non-hydrogen) atoms. The summed E-state index contributed by atoms with van der Waals surface area (Å²) in [6.45, 7) is 3.21. The van der Waals surface area contributed by atoms with Crippen molar-refractivity contribution in [1.82, 2.24) is 5.32 Å². The first-order valence-electron chi connectivity index (χ1n) is 5.73. The maximum absolute atomic E-state index is 3.16. The molecule has 1 nitrogen and oxygen atoms in total. The average Bonchev–Trinajstić information content (AvgIpc) is 2.27. The van der Waals surface area contributed by atoms with E-state index in [1.54, 1.807) is 0 Å². The van der Waals surface area contributed by atoms with Gasteiger partial charge in [0.2, 0.25) is 0 Å². The first kappa shape index (κ1) is 12.6. The number of rotatable bonds is 7. The van der Waals surface area contributed by atoms with Crippen LogP contribution < -0.4 is 5.32 Å². The molecule has 1 aromatic rings. The van der Waals surface area contributed by atoms with Gasteiger partial charge in [0.05, 0.1) is 0 Å². The fourth-order valence-corrected chi connectivity index (χ4v) is 2.36. The van der Waals surface area contributed by atoms with E-state index in [-0.39, 0.29) is 0 Å². The Morgan fingerprint density at radius 3 is 2.47 bits per heavy atom. The highest BCUT2D eigenvalue weighted by Crippen LogP contribution is 2.19. The lowest BCUT2D eigenvalue weighted by molar-refractivity contribution is 0.778. The molecule has 0 atom stereocenters. The molecule has 0 heterocycles. The van der Waals surface area contributed by atoms with Crippen molar-refractivity contribution in [2.75, 3.05) is 12.8 Å². The summed E-state index contributed by atoms with van der Waals surface area (Å²) in [4.78, 5) is 1.39. The third kappa shape index (κ3) is 5.24. The Kier molecular flexibility index (Phi) is 6.53. The Labute approximate surface area is 97.7 Å². The number of unbranched alkanes of at least 4 members (excludes halogenated alkanes) is 2. The minimum atomic E-state index is 0.959. The zero-order chi connectivity index (χ0) is 10.9. The standard InChI is InChI=1S/C13H21NS/c1-3-4-5-10-15-13-8-6-12(7-9-13)11-14-2/h6-9,14H,3-5,10-11H2,1-2H3. The summed E-state index contributed by atoms with van der Waals surface area (Å²) in [5, 5.41) is 3.16. The Balaban J connectivity index is 2.29. The van der Waals surface area contributed by atoms with Crippen LogP contribution in [-0.4, -0.2) is 12.8 Å². The normalized spacial score (nSPS) is 10.5. The van der Waals surface area contributed by atoms with Gasteiger partial charge in [-0.3, -0.25) is 0 Å². The number of thioether (sulfide) groups is 1. The van der Waals surface area contributed by atoms with Gasteiger partial charge in [0, 0.05) is 11.4 Å². The summed E-state index contributed by atoms with van der Waals surface area (Å²) in [5.41, 5.74) is 1.36. The van der Waals surface area contributed by atoms with E-state index in [0.29, 0.717) is 0 Å². The molecule has 0 unspecified atom stereocenters. The number of nitrogens with one attached hydrogen (secondary N) is 1. The molecule has 2 heteroatoms. The zero-order valence-electron chi connectivity index (χ0n) is 9.75. The van der Waals surface area contributed by atoms with E-state index in [4.69, 9.17) is 0 Å². The predicted molar refractivity (Wildman–Crippen MR) is 69.5 cm³/mol. The summed E-state index contributed by atoms with van der Waals surface area (Å²) in [6, 6.07) is 8.86. The minimum Gasteiger partial charge on any atom is -0.316 e. The molecule has 0 aliphatic carbocycles. The first-order chi connectivity index (χ1) is 7.36. The van der Waals surface area contributed by atoms with Crippen molar-refractivity contribution < 1.29 is 0 Å². The minimum absolute atomic E-state index is 0.959. The molecular weight excluding hydrogens is 202 g/mol. The van der Waals surface area contributed by atoms with Crippen LogP contribution in [0.25, 0.3) is 0 Å². The van der Waals surface area contributed by atoms with Crippen LogP contribution in [0.2, 0.25) is 0 Å². The Hall–Kier alpha value is -0.470. The molecular formula is C13H21NS. The van der Waals surface area contributed by atoms with Crippen molar-refractivity contribution in [3.05, 3.63) is 29.8 Å². The molecule has 0 aromatic heterocycles. The highest BCUT2D eigenvalue weighted by molar-refractivity contribution is 7.99. The van der Waals surface area contributed by atoms with Gasteiger partial charge in [0.25, 0.3) is 0 Å². The van der Waals surface area contributed by atoms with Crippen molar-refractivity contribution in [3.63, 3.8) is 0 Å². The fraction of sp³-hybridized carbons (Fsp3) is 0.538.